The first-order valence-corrected chi connectivity index (χ1v) is 7.93. The second-order valence-corrected chi connectivity index (χ2v) is 6.54. The lowest BCUT2D eigenvalue weighted by Gasteiger charge is -2.38. The second-order valence-electron chi connectivity index (χ2n) is 6.54. The van der Waals surface area contributed by atoms with Gasteiger partial charge in [0.1, 0.15) is 0 Å². The van der Waals surface area contributed by atoms with Gasteiger partial charge in [0.15, 0.2) is 0 Å². The molecule has 1 aliphatic heterocycles. The molecule has 21 heavy (non-hydrogen) atoms. The molecule has 1 saturated heterocycles. The fourth-order valence-corrected chi connectivity index (χ4v) is 3.46. The summed E-state index contributed by atoms with van der Waals surface area (Å²) >= 11 is 0. The summed E-state index contributed by atoms with van der Waals surface area (Å²) in [6, 6.07) is -0.178. The Kier molecular flexibility index (Phi) is 5.22. The van der Waals surface area contributed by atoms with Crippen LogP contribution in [0.1, 0.15) is 46.0 Å². The highest BCUT2D eigenvalue weighted by Crippen LogP contribution is 2.29. The third kappa shape index (κ3) is 3.74. The maximum atomic E-state index is 12.3. The van der Waals surface area contributed by atoms with Gasteiger partial charge in [-0.25, -0.2) is 0 Å². The Balaban J connectivity index is 1.98. The number of carbonyl (C=O) groups excluding carboxylic acids is 2. The fourth-order valence-electron chi connectivity index (χ4n) is 3.46. The van der Waals surface area contributed by atoms with E-state index in [0.717, 1.165) is 32.2 Å². The Labute approximate surface area is 126 Å². The van der Waals surface area contributed by atoms with Gasteiger partial charge in [0.2, 0.25) is 11.8 Å². The third-order valence-corrected chi connectivity index (χ3v) is 4.68. The first kappa shape index (κ1) is 16.2. The number of aliphatic hydroxyl groups excluding tert-OH is 1. The number of rotatable bonds is 5. The SMILES string of the molecule is CC(C)N1CCNC(=O)C1CC(=O)NC1(CO)CCCC1. The molecule has 1 unspecified atom stereocenters. The van der Waals surface area contributed by atoms with E-state index in [1.165, 1.54) is 0 Å². The maximum Gasteiger partial charge on any atom is 0.237 e. The van der Waals surface area contributed by atoms with Crippen LogP contribution in [0.3, 0.4) is 0 Å². The molecule has 0 bridgehead atoms. The summed E-state index contributed by atoms with van der Waals surface area (Å²) in [6.07, 6.45) is 3.86. The van der Waals surface area contributed by atoms with Gasteiger partial charge in [-0.05, 0) is 26.7 Å². The molecule has 0 spiro atoms. The molecule has 6 nitrogen and oxygen atoms in total. The summed E-state index contributed by atoms with van der Waals surface area (Å²) < 4.78 is 0. The molecule has 1 saturated carbocycles. The van der Waals surface area contributed by atoms with Crippen LogP contribution in [-0.4, -0.2) is 59.1 Å². The lowest BCUT2D eigenvalue weighted by atomic mass is 9.97. The number of hydrogen-bond acceptors (Lipinski definition) is 4. The summed E-state index contributed by atoms with van der Waals surface area (Å²) in [4.78, 5) is 26.4. The van der Waals surface area contributed by atoms with E-state index in [1.807, 2.05) is 13.8 Å². The zero-order valence-corrected chi connectivity index (χ0v) is 13.0. The highest BCUT2D eigenvalue weighted by atomic mass is 16.3. The van der Waals surface area contributed by atoms with Gasteiger partial charge >= 0.3 is 0 Å². The zero-order valence-electron chi connectivity index (χ0n) is 13.0. The standard InChI is InChI=1S/C15H27N3O3/c1-11(2)18-8-7-16-14(21)12(18)9-13(20)17-15(10-19)5-3-4-6-15/h11-12,19H,3-10H2,1-2H3,(H,16,21)(H,17,20). The molecule has 120 valence electrons. The van der Waals surface area contributed by atoms with Crippen molar-refractivity contribution in [1.82, 2.24) is 15.5 Å². The van der Waals surface area contributed by atoms with Crippen molar-refractivity contribution in [1.29, 1.82) is 0 Å². The van der Waals surface area contributed by atoms with Gasteiger partial charge in [0, 0.05) is 19.1 Å². The summed E-state index contributed by atoms with van der Waals surface area (Å²) in [5.74, 6) is -0.215. The van der Waals surface area contributed by atoms with Crippen LogP contribution in [0, 0.1) is 0 Å². The number of aliphatic hydroxyl groups is 1. The van der Waals surface area contributed by atoms with Crippen LogP contribution in [-0.2, 0) is 9.59 Å². The lowest BCUT2D eigenvalue weighted by molar-refractivity contribution is -0.135. The Bertz CT molecular complexity index is 392. The third-order valence-electron chi connectivity index (χ3n) is 4.68. The molecule has 2 rings (SSSR count). The van der Waals surface area contributed by atoms with Crippen molar-refractivity contribution >= 4 is 11.8 Å². The number of hydrogen-bond donors (Lipinski definition) is 3. The van der Waals surface area contributed by atoms with E-state index < -0.39 is 11.6 Å². The van der Waals surface area contributed by atoms with Crippen LogP contribution in [0.5, 0.6) is 0 Å². The van der Waals surface area contributed by atoms with Crippen LogP contribution < -0.4 is 10.6 Å². The number of carbonyl (C=O) groups is 2. The smallest absolute Gasteiger partial charge is 0.237 e. The summed E-state index contributed by atoms with van der Waals surface area (Å²) in [7, 11) is 0. The zero-order chi connectivity index (χ0) is 15.5. The molecule has 2 aliphatic rings. The predicted octanol–water partition coefficient (Wildman–Crippen LogP) is 0.00660. The summed E-state index contributed by atoms with van der Waals surface area (Å²) in [5.41, 5.74) is -0.467. The number of piperazine rings is 1. The van der Waals surface area contributed by atoms with E-state index in [1.54, 1.807) is 0 Å². The van der Waals surface area contributed by atoms with Gasteiger partial charge in [0.05, 0.1) is 24.6 Å². The Morgan fingerprint density at radius 1 is 1.48 bits per heavy atom. The van der Waals surface area contributed by atoms with Crippen molar-refractivity contribution in [2.45, 2.75) is 63.6 Å². The highest BCUT2D eigenvalue weighted by molar-refractivity contribution is 5.89. The quantitative estimate of drug-likeness (QED) is 0.667. The van der Waals surface area contributed by atoms with E-state index >= 15 is 0 Å². The fraction of sp³-hybridized carbons (Fsp3) is 0.867. The number of nitrogens with zero attached hydrogens (tertiary/aromatic N) is 1. The molecule has 0 aromatic heterocycles. The summed E-state index contributed by atoms with van der Waals surface area (Å²) in [6.45, 7) is 5.46. The van der Waals surface area contributed by atoms with Crippen LogP contribution in [0.15, 0.2) is 0 Å². The lowest BCUT2D eigenvalue weighted by Crippen LogP contribution is -2.59. The van der Waals surface area contributed by atoms with E-state index in [4.69, 9.17) is 0 Å². The molecule has 1 heterocycles. The van der Waals surface area contributed by atoms with Gasteiger partial charge in [-0.1, -0.05) is 12.8 Å². The van der Waals surface area contributed by atoms with Gasteiger partial charge in [-0.15, -0.1) is 0 Å². The molecule has 0 radical (unpaired) electrons. The number of nitrogens with one attached hydrogen (secondary N) is 2. The minimum Gasteiger partial charge on any atom is -0.394 e. The first-order chi connectivity index (χ1) is 9.97. The van der Waals surface area contributed by atoms with Gasteiger partial charge < -0.3 is 15.7 Å². The van der Waals surface area contributed by atoms with Gasteiger partial charge in [0.25, 0.3) is 0 Å². The van der Waals surface area contributed by atoms with Crippen molar-refractivity contribution in [2.75, 3.05) is 19.7 Å². The minimum atomic E-state index is -0.467. The summed E-state index contributed by atoms with van der Waals surface area (Å²) in [5, 5.41) is 15.4. The van der Waals surface area contributed by atoms with E-state index in [2.05, 4.69) is 15.5 Å². The Morgan fingerprint density at radius 2 is 2.14 bits per heavy atom. The molecule has 2 fully saturated rings. The topological polar surface area (TPSA) is 81.7 Å². The molecule has 1 aliphatic carbocycles. The van der Waals surface area contributed by atoms with Crippen molar-refractivity contribution in [3.63, 3.8) is 0 Å². The number of amides is 2. The highest BCUT2D eigenvalue weighted by Gasteiger charge is 2.37. The first-order valence-electron chi connectivity index (χ1n) is 7.93. The molecule has 3 N–H and O–H groups in total. The molecular weight excluding hydrogens is 270 g/mol. The minimum absolute atomic E-state index is 0.0243. The molecule has 0 aromatic rings. The molecule has 2 amide bonds. The van der Waals surface area contributed by atoms with Crippen LogP contribution in [0.4, 0.5) is 0 Å². The average molecular weight is 297 g/mol. The van der Waals surface area contributed by atoms with E-state index in [9.17, 15) is 14.7 Å². The normalized spacial score (nSPS) is 25.9. The van der Waals surface area contributed by atoms with Crippen molar-refractivity contribution in [2.24, 2.45) is 0 Å². The van der Waals surface area contributed by atoms with Crippen LogP contribution in [0.2, 0.25) is 0 Å². The molecular formula is C15H27N3O3. The largest absolute Gasteiger partial charge is 0.394 e. The van der Waals surface area contributed by atoms with Gasteiger partial charge in [-0.2, -0.15) is 0 Å². The predicted molar refractivity (Wildman–Crippen MR) is 79.7 cm³/mol. The molecule has 6 heteroatoms. The second kappa shape index (κ2) is 6.75. The Hall–Kier alpha value is -1.14. The average Bonchev–Trinajstić information content (AvgIpc) is 2.89. The van der Waals surface area contributed by atoms with Gasteiger partial charge in [-0.3, -0.25) is 14.5 Å². The Morgan fingerprint density at radius 3 is 2.71 bits per heavy atom. The van der Waals surface area contributed by atoms with Crippen molar-refractivity contribution in [3.8, 4) is 0 Å². The van der Waals surface area contributed by atoms with Crippen LogP contribution in [0.25, 0.3) is 0 Å². The van der Waals surface area contributed by atoms with Crippen LogP contribution >= 0.6 is 0 Å². The molecule has 1 atom stereocenters. The maximum absolute atomic E-state index is 12.3. The van der Waals surface area contributed by atoms with Crippen molar-refractivity contribution in [3.05, 3.63) is 0 Å². The monoisotopic (exact) mass is 297 g/mol. The van der Waals surface area contributed by atoms with Crippen molar-refractivity contribution < 1.29 is 14.7 Å². The van der Waals surface area contributed by atoms with E-state index in [-0.39, 0.29) is 30.9 Å². The molecule has 0 aromatic carbocycles. The van der Waals surface area contributed by atoms with E-state index in [0.29, 0.717) is 6.54 Å².